The first-order valence-corrected chi connectivity index (χ1v) is 5.10. The first-order chi connectivity index (χ1) is 6.27. The van der Waals surface area contributed by atoms with E-state index in [0.29, 0.717) is 6.42 Å². The minimum atomic E-state index is -0.674. The average molecular weight is 207 g/mol. The van der Waals surface area contributed by atoms with E-state index in [1.165, 1.54) is 25.7 Å². The van der Waals surface area contributed by atoms with Crippen LogP contribution in [0.2, 0.25) is 0 Å². The van der Waals surface area contributed by atoms with Gasteiger partial charge in [-0.1, -0.05) is 31.8 Å². The van der Waals surface area contributed by atoms with Crippen LogP contribution < -0.4 is 0 Å². The Bertz CT molecular complexity index is 146. The van der Waals surface area contributed by atoms with Crippen molar-refractivity contribution in [2.75, 3.05) is 0 Å². The number of hydrogen-bond acceptors (Lipinski definition) is 1. The van der Waals surface area contributed by atoms with Gasteiger partial charge in [-0.15, -0.1) is 6.58 Å². The van der Waals surface area contributed by atoms with Gasteiger partial charge in [0.05, 0.1) is 0 Å². The molecule has 1 radical (unpaired) electrons. The van der Waals surface area contributed by atoms with E-state index < -0.39 is 5.97 Å². The molecule has 0 aromatic rings. The Hall–Kier alpha value is 0.210. The Balaban J connectivity index is 0. The van der Waals surface area contributed by atoms with Crippen molar-refractivity contribution in [3.05, 3.63) is 12.7 Å². The third-order valence-electron chi connectivity index (χ3n) is 2.05. The van der Waals surface area contributed by atoms with Gasteiger partial charge in [-0.2, -0.15) is 0 Å². The van der Waals surface area contributed by atoms with Crippen LogP contribution in [0.4, 0.5) is 0 Å². The SMILES string of the molecule is C=CCCCCCCCCC(=O)O.[Na]. The van der Waals surface area contributed by atoms with Gasteiger partial charge in [0.1, 0.15) is 0 Å². The molecule has 0 spiro atoms. The van der Waals surface area contributed by atoms with Crippen molar-refractivity contribution in [2.24, 2.45) is 0 Å². The molecule has 0 aromatic heterocycles. The number of hydrogen-bond donors (Lipinski definition) is 1. The molecule has 0 heterocycles. The van der Waals surface area contributed by atoms with Crippen LogP contribution in [0, 0.1) is 0 Å². The molecular weight excluding hydrogens is 187 g/mol. The quantitative estimate of drug-likeness (QED) is 0.358. The van der Waals surface area contributed by atoms with Crippen molar-refractivity contribution in [1.29, 1.82) is 0 Å². The van der Waals surface area contributed by atoms with E-state index >= 15 is 0 Å². The van der Waals surface area contributed by atoms with Crippen LogP contribution in [-0.4, -0.2) is 40.6 Å². The van der Waals surface area contributed by atoms with Gasteiger partial charge >= 0.3 is 5.97 Å². The maximum atomic E-state index is 10.2. The molecule has 0 saturated carbocycles. The third-order valence-corrected chi connectivity index (χ3v) is 2.05. The molecule has 0 unspecified atom stereocenters. The van der Waals surface area contributed by atoms with Crippen LogP contribution in [0.1, 0.15) is 51.4 Å². The fourth-order valence-electron chi connectivity index (χ4n) is 1.27. The second-order valence-electron chi connectivity index (χ2n) is 3.34. The molecule has 0 atom stereocenters. The molecule has 2 nitrogen and oxygen atoms in total. The van der Waals surface area contributed by atoms with Crippen molar-refractivity contribution < 1.29 is 9.90 Å². The molecule has 0 amide bonds. The van der Waals surface area contributed by atoms with Crippen molar-refractivity contribution >= 4 is 35.5 Å². The van der Waals surface area contributed by atoms with Crippen LogP contribution in [0.3, 0.4) is 0 Å². The molecular formula is C11H20NaO2. The van der Waals surface area contributed by atoms with Gasteiger partial charge in [0.2, 0.25) is 0 Å². The Morgan fingerprint density at radius 2 is 1.57 bits per heavy atom. The Morgan fingerprint density at radius 3 is 2.07 bits per heavy atom. The molecule has 0 aliphatic rings. The van der Waals surface area contributed by atoms with Crippen LogP contribution >= 0.6 is 0 Å². The van der Waals surface area contributed by atoms with E-state index in [-0.39, 0.29) is 29.6 Å². The summed E-state index contributed by atoms with van der Waals surface area (Å²) in [5.74, 6) is -0.674. The monoisotopic (exact) mass is 207 g/mol. The number of carbonyl (C=O) groups is 1. The van der Waals surface area contributed by atoms with Gasteiger partial charge in [0.25, 0.3) is 0 Å². The van der Waals surface area contributed by atoms with E-state index in [1.807, 2.05) is 6.08 Å². The molecule has 0 fully saturated rings. The molecule has 1 N–H and O–H groups in total. The number of carboxylic acids is 1. The summed E-state index contributed by atoms with van der Waals surface area (Å²) >= 11 is 0. The summed E-state index contributed by atoms with van der Waals surface area (Å²) in [4.78, 5) is 10.2. The standard InChI is InChI=1S/C11H20O2.Na/c1-2-3-4-5-6-7-8-9-10-11(12)13;/h2H,1,3-10H2,(H,12,13);. The average Bonchev–Trinajstić information content (AvgIpc) is 2.09. The fraction of sp³-hybridized carbons (Fsp3) is 0.727. The number of aliphatic carboxylic acids is 1. The van der Waals surface area contributed by atoms with Gasteiger partial charge in [0.15, 0.2) is 0 Å². The molecule has 0 rings (SSSR count). The number of rotatable bonds is 9. The van der Waals surface area contributed by atoms with Crippen molar-refractivity contribution in [3.8, 4) is 0 Å². The fourth-order valence-corrected chi connectivity index (χ4v) is 1.27. The zero-order valence-corrected chi connectivity index (χ0v) is 11.3. The molecule has 3 heteroatoms. The summed E-state index contributed by atoms with van der Waals surface area (Å²) in [6.45, 7) is 3.66. The third kappa shape index (κ3) is 14.7. The van der Waals surface area contributed by atoms with Crippen LogP contribution in [-0.2, 0) is 4.79 Å². The van der Waals surface area contributed by atoms with Gasteiger partial charge in [-0.05, 0) is 19.3 Å². The Morgan fingerprint density at radius 1 is 1.07 bits per heavy atom. The predicted octanol–water partition coefficient (Wildman–Crippen LogP) is 3.00. The summed E-state index contributed by atoms with van der Waals surface area (Å²) < 4.78 is 0. The van der Waals surface area contributed by atoms with E-state index in [4.69, 9.17) is 5.11 Å². The molecule has 0 aliphatic carbocycles. The minimum absolute atomic E-state index is 0. The zero-order chi connectivity index (χ0) is 9.94. The van der Waals surface area contributed by atoms with E-state index in [1.54, 1.807) is 0 Å². The number of carboxylic acid groups (broad SMARTS) is 1. The molecule has 0 bridgehead atoms. The van der Waals surface area contributed by atoms with E-state index in [9.17, 15) is 4.79 Å². The largest absolute Gasteiger partial charge is 0.481 e. The summed E-state index contributed by atoms with van der Waals surface area (Å²) in [6, 6.07) is 0. The maximum absolute atomic E-state index is 10.2. The minimum Gasteiger partial charge on any atom is -0.481 e. The zero-order valence-electron chi connectivity index (χ0n) is 9.30. The Kier molecular flexibility index (Phi) is 15.7. The van der Waals surface area contributed by atoms with E-state index in [0.717, 1.165) is 19.3 Å². The van der Waals surface area contributed by atoms with Crippen molar-refractivity contribution in [2.45, 2.75) is 51.4 Å². The second kappa shape index (κ2) is 13.2. The number of unbranched alkanes of at least 4 members (excludes halogenated alkanes) is 6. The Labute approximate surface area is 109 Å². The van der Waals surface area contributed by atoms with Crippen LogP contribution in [0.15, 0.2) is 12.7 Å². The molecule has 77 valence electrons. The molecule has 14 heavy (non-hydrogen) atoms. The molecule has 0 saturated heterocycles. The van der Waals surface area contributed by atoms with Gasteiger partial charge in [-0.3, -0.25) is 4.79 Å². The van der Waals surface area contributed by atoms with Gasteiger partial charge in [-0.25, -0.2) is 0 Å². The van der Waals surface area contributed by atoms with Crippen molar-refractivity contribution in [3.63, 3.8) is 0 Å². The molecule has 0 aliphatic heterocycles. The topological polar surface area (TPSA) is 37.3 Å². The molecule has 0 aromatic carbocycles. The van der Waals surface area contributed by atoms with Crippen LogP contribution in [0.5, 0.6) is 0 Å². The van der Waals surface area contributed by atoms with E-state index in [2.05, 4.69) is 6.58 Å². The summed E-state index contributed by atoms with van der Waals surface area (Å²) in [7, 11) is 0. The predicted molar refractivity (Wildman–Crippen MR) is 60.5 cm³/mol. The first-order valence-electron chi connectivity index (χ1n) is 5.10. The van der Waals surface area contributed by atoms with Crippen LogP contribution in [0.25, 0.3) is 0 Å². The normalized spacial score (nSPS) is 9.14. The van der Waals surface area contributed by atoms with Gasteiger partial charge in [0, 0.05) is 36.0 Å². The smallest absolute Gasteiger partial charge is 0.303 e. The summed E-state index contributed by atoms with van der Waals surface area (Å²) in [5.41, 5.74) is 0. The number of allylic oxidation sites excluding steroid dienone is 1. The summed E-state index contributed by atoms with van der Waals surface area (Å²) in [5, 5.41) is 8.38. The first kappa shape index (κ1) is 16.6. The summed E-state index contributed by atoms with van der Waals surface area (Å²) in [6.07, 6.45) is 10.1. The van der Waals surface area contributed by atoms with Gasteiger partial charge < -0.3 is 5.11 Å². The maximum Gasteiger partial charge on any atom is 0.303 e. The van der Waals surface area contributed by atoms with Crippen molar-refractivity contribution in [1.82, 2.24) is 0 Å². The second-order valence-corrected chi connectivity index (χ2v) is 3.34.